The van der Waals surface area contributed by atoms with Crippen molar-refractivity contribution in [1.82, 2.24) is 10.2 Å². The van der Waals surface area contributed by atoms with Gasteiger partial charge < -0.3 is 29.0 Å². The second kappa shape index (κ2) is 11.5. The second-order valence-electron chi connectivity index (χ2n) is 9.14. The number of nitrogens with zero attached hydrogens (tertiary/aromatic N) is 2. The minimum absolute atomic E-state index is 0.0175. The molecule has 0 bridgehead atoms. The Bertz CT molecular complexity index is 1350. The van der Waals surface area contributed by atoms with Crippen LogP contribution < -0.4 is 10.1 Å². The average Bonchev–Trinajstić information content (AvgIpc) is 3.38. The Morgan fingerprint density at radius 1 is 0.900 bits per heavy atom. The Morgan fingerprint density at radius 2 is 1.57 bits per heavy atom. The SMILES string of the molecule is O=C1C=CC(=O)OC2(O1)C(=O)C1=C(NC2=NCCCOc2cccc(CN3CCCC3)c2)OC(=O)/C=C\C(=O)O1. The molecular formula is C27H25N3O10. The second-order valence-corrected chi connectivity index (χ2v) is 9.14. The summed E-state index contributed by atoms with van der Waals surface area (Å²) in [6.45, 7) is 3.29. The van der Waals surface area contributed by atoms with Gasteiger partial charge in [-0.3, -0.25) is 14.7 Å². The number of amidine groups is 1. The van der Waals surface area contributed by atoms with Crippen molar-refractivity contribution in [3.05, 3.63) is 65.8 Å². The lowest BCUT2D eigenvalue weighted by molar-refractivity contribution is -0.200. The molecule has 208 valence electrons. The van der Waals surface area contributed by atoms with E-state index in [1.807, 2.05) is 24.3 Å². The third kappa shape index (κ3) is 5.94. The minimum Gasteiger partial charge on any atom is -0.494 e. The van der Waals surface area contributed by atoms with Crippen molar-refractivity contribution in [1.29, 1.82) is 0 Å². The van der Waals surface area contributed by atoms with Gasteiger partial charge in [0.25, 0.3) is 5.78 Å². The zero-order valence-electron chi connectivity index (χ0n) is 21.3. The van der Waals surface area contributed by atoms with Crippen LogP contribution in [0.15, 0.2) is 65.2 Å². The summed E-state index contributed by atoms with van der Waals surface area (Å²) in [5.41, 5.74) is 1.14. The van der Waals surface area contributed by atoms with Crippen LogP contribution in [0.5, 0.6) is 5.75 Å². The summed E-state index contributed by atoms with van der Waals surface area (Å²) in [6.07, 6.45) is 5.83. The maximum atomic E-state index is 13.5. The Balaban J connectivity index is 1.31. The van der Waals surface area contributed by atoms with Crippen molar-refractivity contribution in [3.8, 4) is 5.75 Å². The van der Waals surface area contributed by atoms with E-state index in [0.717, 1.165) is 49.5 Å². The first kappa shape index (κ1) is 26.8. The lowest BCUT2D eigenvalue weighted by Gasteiger charge is -2.35. The first-order chi connectivity index (χ1) is 19.3. The van der Waals surface area contributed by atoms with Crippen LogP contribution in [0, 0.1) is 0 Å². The molecule has 0 amide bonds. The van der Waals surface area contributed by atoms with E-state index in [4.69, 9.17) is 23.7 Å². The number of hydrogen-bond donors (Lipinski definition) is 1. The van der Waals surface area contributed by atoms with Gasteiger partial charge in [-0.05, 0) is 43.6 Å². The molecule has 0 aromatic heterocycles. The number of ether oxygens (including phenoxy) is 5. The predicted octanol–water partition coefficient (Wildman–Crippen LogP) is 0.800. The molecule has 0 aliphatic carbocycles. The van der Waals surface area contributed by atoms with Gasteiger partial charge in [-0.2, -0.15) is 0 Å². The summed E-state index contributed by atoms with van der Waals surface area (Å²) in [5.74, 6) is -9.46. The van der Waals surface area contributed by atoms with Crippen LogP contribution in [0.4, 0.5) is 0 Å². The van der Waals surface area contributed by atoms with Gasteiger partial charge in [-0.1, -0.05) is 12.1 Å². The van der Waals surface area contributed by atoms with E-state index < -0.39 is 52.9 Å². The Hall–Kier alpha value is -4.78. The molecule has 13 heteroatoms. The molecule has 1 aromatic carbocycles. The summed E-state index contributed by atoms with van der Waals surface area (Å²) in [4.78, 5) is 68.6. The van der Waals surface area contributed by atoms with Gasteiger partial charge >= 0.3 is 29.7 Å². The molecule has 0 unspecified atom stereocenters. The van der Waals surface area contributed by atoms with Crippen molar-refractivity contribution >= 4 is 35.5 Å². The van der Waals surface area contributed by atoms with Crippen molar-refractivity contribution in [3.63, 3.8) is 0 Å². The summed E-state index contributed by atoms with van der Waals surface area (Å²) < 4.78 is 26.2. The fourth-order valence-electron chi connectivity index (χ4n) is 4.40. The summed E-state index contributed by atoms with van der Waals surface area (Å²) >= 11 is 0. The molecule has 0 atom stereocenters. The van der Waals surface area contributed by atoms with E-state index >= 15 is 0 Å². The largest absolute Gasteiger partial charge is 0.494 e. The predicted molar refractivity (Wildman–Crippen MR) is 134 cm³/mol. The third-order valence-corrected chi connectivity index (χ3v) is 6.20. The highest BCUT2D eigenvalue weighted by Crippen LogP contribution is 2.31. The van der Waals surface area contributed by atoms with Gasteiger partial charge in [-0.15, -0.1) is 0 Å². The number of carbonyl (C=O) groups is 5. The quantitative estimate of drug-likeness (QED) is 0.289. The molecule has 4 aliphatic heterocycles. The Kier molecular flexibility index (Phi) is 7.73. The number of likely N-dealkylation sites (tertiary alicyclic amines) is 1. The van der Waals surface area contributed by atoms with E-state index in [2.05, 4.69) is 15.2 Å². The van der Waals surface area contributed by atoms with Crippen LogP contribution in [0.3, 0.4) is 0 Å². The molecule has 0 saturated carbocycles. The lowest BCUT2D eigenvalue weighted by atomic mass is 10.0. The number of rotatable bonds is 7. The van der Waals surface area contributed by atoms with Gasteiger partial charge in [0, 0.05) is 43.8 Å². The smallest absolute Gasteiger partial charge is 0.385 e. The maximum Gasteiger partial charge on any atom is 0.385 e. The number of aliphatic imine (C=N–C) groups is 1. The normalized spacial score (nSPS) is 22.4. The van der Waals surface area contributed by atoms with Gasteiger partial charge in [0.1, 0.15) is 5.75 Å². The molecular weight excluding hydrogens is 526 g/mol. The molecule has 1 aromatic rings. The number of esters is 4. The van der Waals surface area contributed by atoms with E-state index in [0.29, 0.717) is 12.2 Å². The molecule has 40 heavy (non-hydrogen) atoms. The van der Waals surface area contributed by atoms with Crippen LogP contribution in [0.25, 0.3) is 0 Å². The Morgan fingerprint density at radius 3 is 2.30 bits per heavy atom. The molecule has 1 spiro atoms. The van der Waals surface area contributed by atoms with Crippen molar-refractivity contribution < 1.29 is 47.7 Å². The monoisotopic (exact) mass is 551 g/mol. The van der Waals surface area contributed by atoms with Crippen LogP contribution in [0.2, 0.25) is 0 Å². The van der Waals surface area contributed by atoms with Crippen LogP contribution in [-0.4, -0.2) is 72.4 Å². The minimum atomic E-state index is -2.74. The molecule has 4 aliphatic rings. The van der Waals surface area contributed by atoms with Gasteiger partial charge in [0.2, 0.25) is 11.6 Å². The van der Waals surface area contributed by atoms with Gasteiger partial charge in [0.15, 0.2) is 5.84 Å². The molecule has 4 heterocycles. The highest BCUT2D eigenvalue weighted by Gasteiger charge is 2.59. The number of nitrogens with one attached hydrogen (secondary N) is 1. The molecule has 13 nitrogen and oxygen atoms in total. The summed E-state index contributed by atoms with van der Waals surface area (Å²) in [7, 11) is 0. The van der Waals surface area contributed by atoms with Crippen LogP contribution >= 0.6 is 0 Å². The first-order valence-corrected chi connectivity index (χ1v) is 12.6. The zero-order valence-corrected chi connectivity index (χ0v) is 21.3. The molecule has 1 fully saturated rings. The molecule has 1 N–H and O–H groups in total. The highest BCUT2D eigenvalue weighted by atomic mass is 16.7. The first-order valence-electron chi connectivity index (χ1n) is 12.6. The number of ketones is 1. The number of carbonyl (C=O) groups excluding carboxylic acids is 5. The molecule has 0 radical (unpaired) electrons. The van der Waals surface area contributed by atoms with Crippen molar-refractivity contribution in [2.24, 2.45) is 4.99 Å². The maximum absolute atomic E-state index is 13.5. The fourth-order valence-corrected chi connectivity index (χ4v) is 4.40. The third-order valence-electron chi connectivity index (χ3n) is 6.20. The summed E-state index contributed by atoms with van der Waals surface area (Å²) in [5, 5.41) is 2.51. The fraction of sp³-hybridized carbons (Fsp3) is 0.333. The lowest BCUT2D eigenvalue weighted by Crippen LogP contribution is -2.62. The van der Waals surface area contributed by atoms with E-state index in [9.17, 15) is 24.0 Å². The van der Waals surface area contributed by atoms with Crippen molar-refractivity contribution in [2.45, 2.75) is 31.6 Å². The number of hydrogen-bond acceptors (Lipinski definition) is 12. The number of Topliss-reactive ketones (excluding diaryl/α,β-unsaturated/α-hetero) is 1. The highest BCUT2D eigenvalue weighted by molar-refractivity contribution is 6.22. The Labute approximate surface area is 228 Å². The van der Waals surface area contributed by atoms with Crippen LogP contribution in [0.1, 0.15) is 24.8 Å². The molecule has 5 rings (SSSR count). The summed E-state index contributed by atoms with van der Waals surface area (Å²) in [6, 6.07) is 7.80. The molecule has 1 saturated heterocycles. The van der Waals surface area contributed by atoms with Crippen LogP contribution in [-0.2, 0) is 49.5 Å². The zero-order chi connectivity index (χ0) is 28.1. The standard InChI is InChI=1S/C27H25N3O10/c31-19-7-8-20(32)38-25-23(37-19)24(35)27(39-21(33)9-10-22(34)40-27)26(29-25)28-11-4-14-36-18-6-3-5-17(15-18)16-30-12-1-2-13-30/h3,5-10,15H,1-2,4,11-14,16H2,(H,28,29)/b8-7-. The van der Waals surface area contributed by atoms with Crippen molar-refractivity contribution in [2.75, 3.05) is 26.2 Å². The van der Waals surface area contributed by atoms with Gasteiger partial charge in [0.05, 0.1) is 6.61 Å². The number of benzene rings is 1. The topological polar surface area (TPSA) is 159 Å². The van der Waals surface area contributed by atoms with E-state index in [1.54, 1.807) is 0 Å². The van der Waals surface area contributed by atoms with E-state index in [-0.39, 0.29) is 13.2 Å². The van der Waals surface area contributed by atoms with E-state index in [1.165, 1.54) is 12.8 Å². The average molecular weight is 552 g/mol. The van der Waals surface area contributed by atoms with Gasteiger partial charge in [-0.25, -0.2) is 19.2 Å².